The van der Waals surface area contributed by atoms with Gasteiger partial charge in [-0.15, -0.1) is 11.3 Å². The minimum absolute atomic E-state index is 0.0668. The van der Waals surface area contributed by atoms with Crippen molar-refractivity contribution in [1.29, 1.82) is 0 Å². The van der Waals surface area contributed by atoms with Crippen molar-refractivity contribution in [2.45, 2.75) is 20.3 Å². The van der Waals surface area contributed by atoms with E-state index in [1.54, 1.807) is 7.11 Å². The fraction of sp³-hybridized carbons (Fsp3) is 0.182. The summed E-state index contributed by atoms with van der Waals surface area (Å²) in [7, 11) is 1.64. The third-order valence-corrected chi connectivity index (χ3v) is 5.66. The van der Waals surface area contributed by atoms with E-state index in [-0.39, 0.29) is 5.91 Å². The van der Waals surface area contributed by atoms with Gasteiger partial charge in [-0.25, -0.2) is 4.98 Å². The standard InChI is InChI=1S/C22H21N3O2S/c1-13-18(17-6-4-5-7-19(17)23-13)12-20(26)24-22-25-21(14(2)28-22)15-8-10-16(27-3)11-9-15/h4-11,23H,12H2,1-3H3,(H,24,25,26). The van der Waals surface area contributed by atoms with E-state index in [0.29, 0.717) is 11.6 Å². The molecule has 0 aliphatic rings. The molecule has 6 heteroatoms. The topological polar surface area (TPSA) is 67.0 Å². The fourth-order valence-corrected chi connectivity index (χ4v) is 4.21. The van der Waals surface area contributed by atoms with Gasteiger partial charge < -0.3 is 15.0 Å². The fourth-order valence-electron chi connectivity index (χ4n) is 3.35. The average Bonchev–Trinajstić information content (AvgIpc) is 3.21. The van der Waals surface area contributed by atoms with Gasteiger partial charge in [0, 0.05) is 27.0 Å². The van der Waals surface area contributed by atoms with Crippen molar-refractivity contribution in [3.63, 3.8) is 0 Å². The predicted octanol–water partition coefficient (Wildman–Crippen LogP) is 5.10. The van der Waals surface area contributed by atoms with Crippen LogP contribution < -0.4 is 10.1 Å². The summed E-state index contributed by atoms with van der Waals surface area (Å²) in [6, 6.07) is 15.8. The number of fused-ring (bicyclic) bond motifs is 1. The lowest BCUT2D eigenvalue weighted by Crippen LogP contribution is -2.14. The minimum atomic E-state index is -0.0668. The summed E-state index contributed by atoms with van der Waals surface area (Å²) >= 11 is 1.49. The van der Waals surface area contributed by atoms with Gasteiger partial charge in [-0.05, 0) is 49.7 Å². The summed E-state index contributed by atoms with van der Waals surface area (Å²) in [5.41, 5.74) is 4.98. The zero-order chi connectivity index (χ0) is 19.7. The number of carbonyl (C=O) groups is 1. The molecule has 0 aliphatic heterocycles. The van der Waals surface area contributed by atoms with Crippen LogP contribution in [0.2, 0.25) is 0 Å². The van der Waals surface area contributed by atoms with Crippen molar-refractivity contribution in [2.24, 2.45) is 0 Å². The molecule has 2 N–H and O–H groups in total. The van der Waals surface area contributed by atoms with E-state index in [1.165, 1.54) is 11.3 Å². The number of methoxy groups -OCH3 is 1. The maximum atomic E-state index is 12.6. The summed E-state index contributed by atoms with van der Waals surface area (Å²) < 4.78 is 5.21. The Balaban J connectivity index is 1.52. The van der Waals surface area contributed by atoms with Gasteiger partial charge in [0.15, 0.2) is 5.13 Å². The third-order valence-electron chi connectivity index (χ3n) is 4.77. The van der Waals surface area contributed by atoms with Gasteiger partial charge in [0.25, 0.3) is 0 Å². The van der Waals surface area contributed by atoms with Crippen molar-refractivity contribution in [3.8, 4) is 17.0 Å². The largest absolute Gasteiger partial charge is 0.497 e. The van der Waals surface area contributed by atoms with Crippen LogP contribution in [-0.4, -0.2) is 23.0 Å². The first-order chi connectivity index (χ1) is 13.5. The number of thiazole rings is 1. The predicted molar refractivity (Wildman–Crippen MR) is 114 cm³/mol. The zero-order valence-electron chi connectivity index (χ0n) is 16.0. The van der Waals surface area contributed by atoms with Crippen LogP contribution in [0.1, 0.15) is 16.1 Å². The lowest BCUT2D eigenvalue weighted by molar-refractivity contribution is -0.115. The van der Waals surface area contributed by atoms with E-state index >= 15 is 0 Å². The smallest absolute Gasteiger partial charge is 0.230 e. The molecule has 142 valence electrons. The number of H-pyrrole nitrogens is 1. The number of nitrogens with one attached hydrogen (secondary N) is 2. The molecule has 0 unspecified atom stereocenters. The van der Waals surface area contributed by atoms with Crippen molar-refractivity contribution in [2.75, 3.05) is 12.4 Å². The second kappa shape index (κ2) is 7.48. The molecular weight excluding hydrogens is 370 g/mol. The normalized spacial score (nSPS) is 11.0. The molecular formula is C22H21N3O2S. The monoisotopic (exact) mass is 391 g/mol. The third kappa shape index (κ3) is 3.51. The van der Waals surface area contributed by atoms with Crippen LogP contribution in [0.3, 0.4) is 0 Å². The van der Waals surface area contributed by atoms with E-state index in [9.17, 15) is 4.79 Å². The van der Waals surface area contributed by atoms with Crippen LogP contribution in [-0.2, 0) is 11.2 Å². The molecule has 0 spiro atoms. The number of hydrogen-bond donors (Lipinski definition) is 2. The number of aromatic nitrogens is 2. The summed E-state index contributed by atoms with van der Waals surface area (Å²) in [5, 5.41) is 4.66. The van der Waals surface area contributed by atoms with Crippen LogP contribution in [0.25, 0.3) is 22.2 Å². The number of rotatable bonds is 5. The molecule has 0 bridgehead atoms. The van der Waals surface area contributed by atoms with Gasteiger partial charge in [-0.3, -0.25) is 4.79 Å². The Morgan fingerprint density at radius 2 is 1.89 bits per heavy atom. The number of ether oxygens (including phenoxy) is 1. The SMILES string of the molecule is COc1ccc(-c2nc(NC(=O)Cc3c(C)[nH]c4ccccc34)sc2C)cc1. The Hall–Kier alpha value is -3.12. The second-order valence-corrected chi connectivity index (χ2v) is 7.85. The van der Waals surface area contributed by atoms with E-state index in [4.69, 9.17) is 4.74 Å². The molecule has 2 aromatic carbocycles. The van der Waals surface area contributed by atoms with Gasteiger partial charge in [0.2, 0.25) is 5.91 Å². The average molecular weight is 391 g/mol. The van der Waals surface area contributed by atoms with Crippen LogP contribution in [0.15, 0.2) is 48.5 Å². The van der Waals surface area contributed by atoms with Gasteiger partial charge in [-0.1, -0.05) is 18.2 Å². The number of aromatic amines is 1. The first kappa shape index (κ1) is 18.3. The van der Waals surface area contributed by atoms with Gasteiger partial charge in [-0.2, -0.15) is 0 Å². The van der Waals surface area contributed by atoms with Crippen LogP contribution >= 0.6 is 11.3 Å². The van der Waals surface area contributed by atoms with E-state index in [0.717, 1.165) is 44.0 Å². The Morgan fingerprint density at radius 1 is 1.14 bits per heavy atom. The number of nitrogens with zero attached hydrogens (tertiary/aromatic N) is 1. The quantitative estimate of drug-likeness (QED) is 0.497. The summed E-state index contributed by atoms with van der Waals surface area (Å²) in [6.07, 6.45) is 0.312. The summed E-state index contributed by atoms with van der Waals surface area (Å²) in [4.78, 5) is 21.7. The molecule has 5 nitrogen and oxygen atoms in total. The van der Waals surface area contributed by atoms with Crippen molar-refractivity contribution < 1.29 is 9.53 Å². The lowest BCUT2D eigenvalue weighted by Gasteiger charge is -2.03. The molecule has 2 heterocycles. The van der Waals surface area contributed by atoms with E-state index in [2.05, 4.69) is 15.3 Å². The highest BCUT2D eigenvalue weighted by molar-refractivity contribution is 7.16. The molecule has 4 rings (SSSR count). The number of amides is 1. The lowest BCUT2D eigenvalue weighted by atomic mass is 10.1. The van der Waals surface area contributed by atoms with E-state index in [1.807, 2.05) is 62.4 Å². The molecule has 0 fully saturated rings. The highest BCUT2D eigenvalue weighted by Crippen LogP contribution is 2.31. The number of aryl methyl sites for hydroxylation is 2. The zero-order valence-corrected chi connectivity index (χ0v) is 16.8. The first-order valence-electron chi connectivity index (χ1n) is 9.03. The van der Waals surface area contributed by atoms with Crippen molar-refractivity contribution in [1.82, 2.24) is 9.97 Å². The molecule has 1 amide bonds. The Bertz CT molecular complexity index is 1140. The van der Waals surface area contributed by atoms with E-state index < -0.39 is 0 Å². The molecule has 0 aliphatic carbocycles. The molecule has 0 radical (unpaired) electrons. The van der Waals surface area contributed by atoms with Crippen LogP contribution in [0.5, 0.6) is 5.75 Å². The van der Waals surface area contributed by atoms with Crippen LogP contribution in [0.4, 0.5) is 5.13 Å². The van der Waals surface area contributed by atoms with Crippen molar-refractivity contribution in [3.05, 3.63) is 64.7 Å². The Labute approximate surface area is 167 Å². The number of para-hydroxylation sites is 1. The van der Waals surface area contributed by atoms with Crippen molar-refractivity contribution >= 4 is 33.3 Å². The second-order valence-electron chi connectivity index (χ2n) is 6.65. The molecule has 0 saturated carbocycles. The van der Waals surface area contributed by atoms with Crippen LogP contribution in [0, 0.1) is 13.8 Å². The highest BCUT2D eigenvalue weighted by Gasteiger charge is 2.15. The number of anilines is 1. The molecule has 2 aromatic heterocycles. The maximum absolute atomic E-state index is 12.6. The Morgan fingerprint density at radius 3 is 2.64 bits per heavy atom. The molecule has 0 atom stereocenters. The number of carbonyl (C=O) groups excluding carboxylic acids is 1. The van der Waals surface area contributed by atoms with Gasteiger partial charge in [0.05, 0.1) is 19.2 Å². The Kier molecular flexibility index (Phi) is 4.88. The molecule has 0 saturated heterocycles. The maximum Gasteiger partial charge on any atom is 0.230 e. The van der Waals surface area contributed by atoms with Gasteiger partial charge in [0.1, 0.15) is 5.75 Å². The van der Waals surface area contributed by atoms with Gasteiger partial charge >= 0.3 is 0 Å². The molecule has 28 heavy (non-hydrogen) atoms. The summed E-state index contributed by atoms with van der Waals surface area (Å²) in [6.45, 7) is 4.01. The minimum Gasteiger partial charge on any atom is -0.497 e. The number of benzene rings is 2. The number of hydrogen-bond acceptors (Lipinski definition) is 4. The summed E-state index contributed by atoms with van der Waals surface area (Å²) in [5.74, 6) is 0.738. The highest BCUT2D eigenvalue weighted by atomic mass is 32.1. The molecule has 4 aromatic rings. The first-order valence-corrected chi connectivity index (χ1v) is 9.84.